The standard InChI is InChI=1S/C12H18F2N2O2/c1-11(10(17)18)4-7(5-11)16-3-2-8-9(16)12(13,14)6-15-8/h7-9,15H,2-6H2,1H3,(H,17,18)/t7?,8-,9+,11?/m0/s1. The molecule has 0 amide bonds. The van der Waals surface area contributed by atoms with Gasteiger partial charge in [0.05, 0.1) is 18.0 Å². The Morgan fingerprint density at radius 1 is 1.44 bits per heavy atom. The van der Waals surface area contributed by atoms with Gasteiger partial charge in [-0.25, -0.2) is 8.78 Å². The Kier molecular flexibility index (Phi) is 2.48. The van der Waals surface area contributed by atoms with Crippen molar-refractivity contribution in [3.05, 3.63) is 0 Å². The lowest BCUT2D eigenvalue weighted by atomic mass is 9.66. The molecule has 4 nitrogen and oxygen atoms in total. The van der Waals surface area contributed by atoms with E-state index in [1.807, 2.05) is 4.90 Å². The molecule has 0 spiro atoms. The molecule has 0 aromatic carbocycles. The third-order valence-corrected chi connectivity index (χ3v) is 4.83. The van der Waals surface area contributed by atoms with E-state index in [9.17, 15) is 13.6 Å². The molecule has 102 valence electrons. The van der Waals surface area contributed by atoms with Crippen LogP contribution in [0.5, 0.6) is 0 Å². The van der Waals surface area contributed by atoms with Crippen LogP contribution in [-0.2, 0) is 4.79 Å². The fourth-order valence-corrected chi connectivity index (χ4v) is 3.74. The molecular formula is C12H18F2N2O2. The van der Waals surface area contributed by atoms with E-state index in [0.29, 0.717) is 19.4 Å². The Bertz CT molecular complexity index is 382. The minimum Gasteiger partial charge on any atom is -0.481 e. The summed E-state index contributed by atoms with van der Waals surface area (Å²) in [6, 6.07) is -0.857. The molecule has 2 heterocycles. The molecule has 3 rings (SSSR count). The van der Waals surface area contributed by atoms with Crippen LogP contribution in [0.25, 0.3) is 0 Å². The highest BCUT2D eigenvalue weighted by Gasteiger charge is 2.60. The second-order valence-corrected chi connectivity index (χ2v) is 6.15. The Balaban J connectivity index is 1.70. The van der Waals surface area contributed by atoms with Crippen molar-refractivity contribution in [2.75, 3.05) is 13.1 Å². The van der Waals surface area contributed by atoms with Crippen LogP contribution in [0.15, 0.2) is 0 Å². The van der Waals surface area contributed by atoms with Gasteiger partial charge in [-0.1, -0.05) is 0 Å². The van der Waals surface area contributed by atoms with Gasteiger partial charge in [0.1, 0.15) is 0 Å². The number of alkyl halides is 2. The fourth-order valence-electron chi connectivity index (χ4n) is 3.74. The number of carboxylic acids is 1. The molecule has 6 heteroatoms. The Hall–Kier alpha value is -0.750. The van der Waals surface area contributed by atoms with Crippen molar-refractivity contribution in [2.24, 2.45) is 5.41 Å². The molecule has 2 atom stereocenters. The molecule has 1 aliphatic carbocycles. The van der Waals surface area contributed by atoms with Crippen molar-refractivity contribution in [3.8, 4) is 0 Å². The topological polar surface area (TPSA) is 52.6 Å². The molecule has 1 saturated carbocycles. The summed E-state index contributed by atoms with van der Waals surface area (Å²) in [5.74, 6) is -3.50. The van der Waals surface area contributed by atoms with Gasteiger partial charge < -0.3 is 10.4 Å². The Morgan fingerprint density at radius 2 is 2.11 bits per heavy atom. The van der Waals surface area contributed by atoms with Crippen molar-refractivity contribution < 1.29 is 18.7 Å². The summed E-state index contributed by atoms with van der Waals surface area (Å²) < 4.78 is 27.6. The summed E-state index contributed by atoms with van der Waals surface area (Å²) in [7, 11) is 0. The molecular weight excluding hydrogens is 242 g/mol. The number of likely N-dealkylation sites (tertiary alicyclic amines) is 1. The summed E-state index contributed by atoms with van der Waals surface area (Å²) in [6.07, 6.45) is 1.71. The Morgan fingerprint density at radius 3 is 2.72 bits per heavy atom. The van der Waals surface area contributed by atoms with E-state index < -0.39 is 23.3 Å². The maximum atomic E-state index is 13.8. The van der Waals surface area contributed by atoms with E-state index >= 15 is 0 Å². The minimum atomic E-state index is -2.68. The zero-order chi connectivity index (χ0) is 13.1. The van der Waals surface area contributed by atoms with Gasteiger partial charge in [-0.05, 0) is 26.2 Å². The van der Waals surface area contributed by atoms with Crippen molar-refractivity contribution in [1.82, 2.24) is 10.2 Å². The summed E-state index contributed by atoms with van der Waals surface area (Å²) in [5, 5.41) is 11.9. The number of aliphatic carboxylic acids is 1. The van der Waals surface area contributed by atoms with Gasteiger partial charge in [0.25, 0.3) is 5.92 Å². The van der Waals surface area contributed by atoms with E-state index in [1.54, 1.807) is 6.92 Å². The number of carboxylic acid groups (broad SMARTS) is 1. The predicted molar refractivity (Wildman–Crippen MR) is 60.6 cm³/mol. The molecule has 3 aliphatic rings. The van der Waals surface area contributed by atoms with Gasteiger partial charge in [-0.3, -0.25) is 9.69 Å². The lowest BCUT2D eigenvalue weighted by Gasteiger charge is -2.48. The van der Waals surface area contributed by atoms with Crippen LogP contribution in [0.1, 0.15) is 26.2 Å². The number of halogens is 2. The van der Waals surface area contributed by atoms with Crippen LogP contribution < -0.4 is 5.32 Å². The number of carbonyl (C=O) groups is 1. The quantitative estimate of drug-likeness (QED) is 0.775. The van der Waals surface area contributed by atoms with E-state index in [4.69, 9.17) is 5.11 Å². The first-order valence-corrected chi connectivity index (χ1v) is 6.44. The molecule has 2 aliphatic heterocycles. The van der Waals surface area contributed by atoms with Crippen molar-refractivity contribution in [1.29, 1.82) is 0 Å². The molecule has 0 radical (unpaired) electrons. The zero-order valence-electron chi connectivity index (χ0n) is 10.3. The second kappa shape index (κ2) is 3.63. The monoisotopic (exact) mass is 260 g/mol. The summed E-state index contributed by atoms with van der Waals surface area (Å²) in [4.78, 5) is 12.9. The number of hydrogen-bond donors (Lipinski definition) is 2. The molecule has 2 N–H and O–H groups in total. The smallest absolute Gasteiger partial charge is 0.309 e. The van der Waals surface area contributed by atoms with Crippen molar-refractivity contribution in [2.45, 2.75) is 50.2 Å². The first kappa shape index (κ1) is 12.3. The Labute approximate surface area is 104 Å². The molecule has 2 saturated heterocycles. The normalized spacial score (nSPS) is 46.7. The van der Waals surface area contributed by atoms with Crippen LogP contribution in [0.4, 0.5) is 8.78 Å². The fraction of sp³-hybridized carbons (Fsp3) is 0.917. The predicted octanol–water partition coefficient (Wildman–Crippen LogP) is 0.921. The number of fused-ring (bicyclic) bond motifs is 1. The highest BCUT2D eigenvalue weighted by molar-refractivity contribution is 5.75. The van der Waals surface area contributed by atoms with Gasteiger partial charge in [-0.15, -0.1) is 0 Å². The van der Waals surface area contributed by atoms with E-state index in [1.165, 1.54) is 0 Å². The summed E-state index contributed by atoms with van der Waals surface area (Å²) >= 11 is 0. The molecule has 3 fully saturated rings. The zero-order valence-corrected chi connectivity index (χ0v) is 10.3. The average molecular weight is 260 g/mol. The van der Waals surface area contributed by atoms with Gasteiger partial charge in [0, 0.05) is 18.6 Å². The van der Waals surface area contributed by atoms with Gasteiger partial charge >= 0.3 is 5.97 Å². The maximum Gasteiger partial charge on any atom is 0.309 e. The minimum absolute atomic E-state index is 0.00637. The van der Waals surface area contributed by atoms with E-state index in [2.05, 4.69) is 5.32 Å². The first-order chi connectivity index (χ1) is 8.33. The van der Waals surface area contributed by atoms with Crippen LogP contribution in [-0.4, -0.2) is 53.1 Å². The largest absolute Gasteiger partial charge is 0.481 e. The molecule has 0 bridgehead atoms. The number of hydrogen-bond acceptors (Lipinski definition) is 3. The second-order valence-electron chi connectivity index (χ2n) is 6.15. The molecule has 18 heavy (non-hydrogen) atoms. The molecule has 0 aromatic heterocycles. The lowest BCUT2D eigenvalue weighted by molar-refractivity contribution is -0.160. The highest BCUT2D eigenvalue weighted by atomic mass is 19.3. The third-order valence-electron chi connectivity index (χ3n) is 4.83. The average Bonchev–Trinajstić information content (AvgIpc) is 2.76. The van der Waals surface area contributed by atoms with E-state index in [-0.39, 0.29) is 18.6 Å². The summed E-state index contributed by atoms with van der Waals surface area (Å²) in [5.41, 5.74) is -0.718. The van der Waals surface area contributed by atoms with Crippen LogP contribution in [0, 0.1) is 5.41 Å². The van der Waals surface area contributed by atoms with Crippen molar-refractivity contribution >= 4 is 5.97 Å². The number of rotatable bonds is 2. The van der Waals surface area contributed by atoms with Crippen molar-refractivity contribution in [3.63, 3.8) is 0 Å². The van der Waals surface area contributed by atoms with Gasteiger partial charge in [-0.2, -0.15) is 0 Å². The first-order valence-electron chi connectivity index (χ1n) is 6.44. The summed E-state index contributed by atoms with van der Waals surface area (Å²) in [6.45, 7) is 2.10. The van der Waals surface area contributed by atoms with Crippen LogP contribution in [0.2, 0.25) is 0 Å². The highest BCUT2D eigenvalue weighted by Crippen LogP contribution is 2.48. The van der Waals surface area contributed by atoms with Gasteiger partial charge in [0.15, 0.2) is 0 Å². The molecule has 0 unspecified atom stereocenters. The SMILES string of the molecule is CC1(C(=O)O)CC(N2CC[C@@H]3NCC(F)(F)[C@@H]32)C1. The molecule has 0 aromatic rings. The van der Waals surface area contributed by atoms with Gasteiger partial charge in [0.2, 0.25) is 0 Å². The third kappa shape index (κ3) is 1.58. The lowest BCUT2D eigenvalue weighted by Crippen LogP contribution is -2.58. The maximum absolute atomic E-state index is 13.8. The number of nitrogens with zero attached hydrogens (tertiary/aromatic N) is 1. The number of nitrogens with one attached hydrogen (secondary N) is 1. The van der Waals surface area contributed by atoms with E-state index in [0.717, 1.165) is 6.42 Å². The van der Waals surface area contributed by atoms with Crippen LogP contribution in [0.3, 0.4) is 0 Å². The van der Waals surface area contributed by atoms with Crippen LogP contribution >= 0.6 is 0 Å².